The maximum atomic E-state index is 12.8. The quantitative estimate of drug-likeness (QED) is 0.927. The van der Waals surface area contributed by atoms with Crippen molar-refractivity contribution >= 4 is 17.5 Å². The predicted octanol–water partition coefficient (Wildman–Crippen LogP) is 3.06. The smallest absolute Gasteiger partial charge is 0.230 e. The second kappa shape index (κ2) is 6.59. The molecule has 4 heteroatoms. The lowest BCUT2D eigenvalue weighted by Gasteiger charge is -2.30. The summed E-state index contributed by atoms with van der Waals surface area (Å²) in [5.74, 6) is 0.168. The van der Waals surface area contributed by atoms with E-state index < -0.39 is 0 Å². The van der Waals surface area contributed by atoms with E-state index in [2.05, 4.69) is 13.8 Å². The van der Waals surface area contributed by atoms with E-state index in [-0.39, 0.29) is 30.4 Å². The van der Waals surface area contributed by atoms with Crippen LogP contribution < -0.4 is 0 Å². The Morgan fingerprint density at radius 2 is 2.05 bits per heavy atom. The Kier molecular flexibility index (Phi) is 5.06. The largest absolute Gasteiger partial charge is 0.394 e. The predicted molar refractivity (Wildman–Crippen MR) is 80.9 cm³/mol. The molecule has 3 nitrogen and oxygen atoms in total. The van der Waals surface area contributed by atoms with Crippen molar-refractivity contribution in [3.63, 3.8) is 0 Å². The maximum absolute atomic E-state index is 12.8. The van der Waals surface area contributed by atoms with Crippen LogP contribution in [-0.2, 0) is 4.79 Å². The third kappa shape index (κ3) is 3.15. The van der Waals surface area contributed by atoms with Crippen LogP contribution in [0.1, 0.15) is 38.2 Å². The molecule has 1 N–H and O–H groups in total. The van der Waals surface area contributed by atoms with E-state index in [1.807, 2.05) is 29.2 Å². The number of rotatable bonds is 4. The van der Waals surface area contributed by atoms with Crippen LogP contribution in [0.5, 0.6) is 0 Å². The second-order valence-corrected chi connectivity index (χ2v) is 6.22. The minimum Gasteiger partial charge on any atom is -0.394 e. The van der Waals surface area contributed by atoms with Gasteiger partial charge < -0.3 is 10.0 Å². The van der Waals surface area contributed by atoms with Crippen LogP contribution in [0.25, 0.3) is 0 Å². The molecule has 1 amide bonds. The molecule has 0 bridgehead atoms. The highest BCUT2D eigenvalue weighted by Crippen LogP contribution is 2.30. The van der Waals surface area contributed by atoms with Crippen LogP contribution in [0.3, 0.4) is 0 Å². The summed E-state index contributed by atoms with van der Waals surface area (Å²) >= 11 is 5.92. The van der Waals surface area contributed by atoms with Crippen LogP contribution in [0.4, 0.5) is 0 Å². The van der Waals surface area contributed by atoms with Gasteiger partial charge in [0.1, 0.15) is 0 Å². The van der Waals surface area contributed by atoms with Gasteiger partial charge in [-0.3, -0.25) is 4.79 Å². The SMILES string of the molecule is CC(C)C(C(=O)N1CCC[C@@H]1CO)c1ccc(Cl)cc1. The number of aliphatic hydroxyl groups is 1. The number of hydrogen-bond acceptors (Lipinski definition) is 2. The molecule has 0 saturated carbocycles. The first-order valence-corrected chi connectivity index (χ1v) is 7.59. The summed E-state index contributed by atoms with van der Waals surface area (Å²) in [7, 11) is 0. The standard InChI is InChI=1S/C16H22ClNO2/c1-11(2)15(12-5-7-13(17)8-6-12)16(20)18-9-3-4-14(18)10-19/h5-8,11,14-15,19H,3-4,9-10H2,1-2H3/t14-,15?/m1/s1. The van der Waals surface area contributed by atoms with Gasteiger partial charge in [0.15, 0.2) is 0 Å². The molecule has 1 aliphatic rings. The molecule has 1 heterocycles. The third-order valence-electron chi connectivity index (χ3n) is 4.03. The Hall–Kier alpha value is -1.06. The minimum atomic E-state index is -0.167. The van der Waals surface area contributed by atoms with E-state index in [1.165, 1.54) is 0 Å². The van der Waals surface area contributed by atoms with E-state index in [0.29, 0.717) is 5.02 Å². The molecule has 1 aliphatic heterocycles. The highest BCUT2D eigenvalue weighted by Gasteiger charge is 2.34. The third-order valence-corrected chi connectivity index (χ3v) is 4.28. The molecule has 1 unspecified atom stereocenters. The van der Waals surface area contributed by atoms with Crippen molar-refractivity contribution in [1.82, 2.24) is 4.90 Å². The van der Waals surface area contributed by atoms with Crippen molar-refractivity contribution in [2.24, 2.45) is 5.92 Å². The van der Waals surface area contributed by atoms with Gasteiger partial charge in [-0.2, -0.15) is 0 Å². The molecule has 2 rings (SSSR count). The summed E-state index contributed by atoms with van der Waals surface area (Å²) in [6.45, 7) is 4.92. The van der Waals surface area contributed by atoms with Gasteiger partial charge in [0.05, 0.1) is 18.6 Å². The number of benzene rings is 1. The fourth-order valence-electron chi connectivity index (χ4n) is 2.98. The molecular formula is C16H22ClNO2. The lowest BCUT2D eigenvalue weighted by atomic mass is 9.87. The molecule has 110 valence electrons. The number of likely N-dealkylation sites (tertiary alicyclic amines) is 1. The summed E-state index contributed by atoms with van der Waals surface area (Å²) in [6, 6.07) is 7.49. The zero-order valence-corrected chi connectivity index (χ0v) is 12.8. The number of amides is 1. The second-order valence-electron chi connectivity index (χ2n) is 5.78. The minimum absolute atomic E-state index is 0.0175. The molecule has 0 aliphatic carbocycles. The first-order valence-electron chi connectivity index (χ1n) is 7.21. The first kappa shape index (κ1) is 15.3. The first-order chi connectivity index (χ1) is 9.54. The summed E-state index contributed by atoms with van der Waals surface area (Å²) < 4.78 is 0. The number of carbonyl (C=O) groups is 1. The zero-order valence-electron chi connectivity index (χ0n) is 12.1. The van der Waals surface area contributed by atoms with E-state index >= 15 is 0 Å². The van der Waals surface area contributed by atoms with Gasteiger partial charge in [-0.15, -0.1) is 0 Å². The number of halogens is 1. The van der Waals surface area contributed by atoms with Crippen molar-refractivity contribution in [2.75, 3.05) is 13.2 Å². The van der Waals surface area contributed by atoms with Crippen LogP contribution in [0.15, 0.2) is 24.3 Å². The van der Waals surface area contributed by atoms with Crippen LogP contribution in [-0.4, -0.2) is 35.1 Å². The zero-order chi connectivity index (χ0) is 14.7. The molecule has 0 spiro atoms. The average Bonchev–Trinajstić information content (AvgIpc) is 2.89. The van der Waals surface area contributed by atoms with Crippen LogP contribution >= 0.6 is 11.6 Å². The van der Waals surface area contributed by atoms with E-state index in [4.69, 9.17) is 11.6 Å². The van der Waals surface area contributed by atoms with E-state index in [9.17, 15) is 9.90 Å². The molecule has 2 atom stereocenters. The Balaban J connectivity index is 2.24. The topological polar surface area (TPSA) is 40.5 Å². The molecule has 1 aromatic carbocycles. The van der Waals surface area contributed by atoms with Gasteiger partial charge in [-0.1, -0.05) is 37.6 Å². The summed E-state index contributed by atoms with van der Waals surface area (Å²) in [4.78, 5) is 14.7. The highest BCUT2D eigenvalue weighted by molar-refractivity contribution is 6.30. The van der Waals surface area contributed by atoms with Gasteiger partial charge in [0, 0.05) is 11.6 Å². The van der Waals surface area contributed by atoms with Crippen molar-refractivity contribution in [2.45, 2.75) is 38.6 Å². The van der Waals surface area contributed by atoms with E-state index in [1.54, 1.807) is 0 Å². The average molecular weight is 296 g/mol. The molecular weight excluding hydrogens is 274 g/mol. The van der Waals surface area contributed by atoms with Crippen LogP contribution in [0, 0.1) is 5.92 Å². The summed E-state index contributed by atoms with van der Waals surface area (Å²) in [5.41, 5.74) is 0.998. The highest BCUT2D eigenvalue weighted by atomic mass is 35.5. The van der Waals surface area contributed by atoms with E-state index in [0.717, 1.165) is 24.9 Å². The number of aliphatic hydroxyl groups excluding tert-OH is 1. The molecule has 0 aromatic heterocycles. The summed E-state index contributed by atoms with van der Waals surface area (Å²) in [6.07, 6.45) is 1.87. The van der Waals surface area contributed by atoms with Crippen LogP contribution in [0.2, 0.25) is 5.02 Å². The molecule has 1 fully saturated rings. The molecule has 1 aromatic rings. The molecule has 1 saturated heterocycles. The maximum Gasteiger partial charge on any atom is 0.230 e. The Morgan fingerprint density at radius 3 is 2.60 bits per heavy atom. The fourth-order valence-corrected chi connectivity index (χ4v) is 3.10. The van der Waals surface area contributed by atoms with Gasteiger partial charge in [-0.25, -0.2) is 0 Å². The van der Waals surface area contributed by atoms with Gasteiger partial charge in [0.2, 0.25) is 5.91 Å². The Bertz CT molecular complexity index is 458. The lowest BCUT2D eigenvalue weighted by Crippen LogP contribution is -2.41. The normalized spacial score (nSPS) is 20.4. The number of carbonyl (C=O) groups excluding carboxylic acids is 1. The van der Waals surface area contributed by atoms with Crippen molar-refractivity contribution in [3.05, 3.63) is 34.9 Å². The summed E-state index contributed by atoms with van der Waals surface area (Å²) in [5, 5.41) is 10.1. The van der Waals surface area contributed by atoms with Crippen molar-refractivity contribution in [1.29, 1.82) is 0 Å². The fraction of sp³-hybridized carbons (Fsp3) is 0.562. The lowest BCUT2D eigenvalue weighted by molar-refractivity contribution is -0.135. The molecule has 0 radical (unpaired) electrons. The van der Waals surface area contributed by atoms with Gasteiger partial charge in [-0.05, 0) is 36.5 Å². The van der Waals surface area contributed by atoms with Gasteiger partial charge in [0.25, 0.3) is 0 Å². The monoisotopic (exact) mass is 295 g/mol. The van der Waals surface area contributed by atoms with Gasteiger partial charge >= 0.3 is 0 Å². The van der Waals surface area contributed by atoms with Crippen molar-refractivity contribution < 1.29 is 9.90 Å². The number of hydrogen-bond donors (Lipinski definition) is 1. The number of nitrogens with zero attached hydrogens (tertiary/aromatic N) is 1. The van der Waals surface area contributed by atoms with Crippen molar-refractivity contribution in [3.8, 4) is 0 Å². The Morgan fingerprint density at radius 1 is 1.40 bits per heavy atom. The Labute approximate surface area is 125 Å². The molecule has 20 heavy (non-hydrogen) atoms.